The molecule has 0 amide bonds. The maximum absolute atomic E-state index is 6.11. The van der Waals surface area contributed by atoms with Crippen LogP contribution in [-0.2, 0) is 0 Å². The number of aromatic amines is 1. The molecule has 6 nitrogen and oxygen atoms in total. The molecule has 2 aromatic heterocycles. The molecule has 6 heteroatoms. The van der Waals surface area contributed by atoms with Gasteiger partial charge in [-0.1, -0.05) is 24.3 Å². The summed E-state index contributed by atoms with van der Waals surface area (Å²) >= 11 is 0. The first-order chi connectivity index (χ1) is 14.8. The van der Waals surface area contributed by atoms with Crippen LogP contribution in [0.15, 0.2) is 62.9 Å². The summed E-state index contributed by atoms with van der Waals surface area (Å²) in [7, 11) is 0. The van der Waals surface area contributed by atoms with Crippen LogP contribution in [0.3, 0.4) is 0 Å². The third-order valence-electron chi connectivity index (χ3n) is 5.75. The third kappa shape index (κ3) is 3.05. The highest BCUT2D eigenvalue weighted by Crippen LogP contribution is 2.29. The fourth-order valence-corrected chi connectivity index (χ4v) is 4.17. The Hall–Kier alpha value is -3.54. The molecular weight excluding hydrogens is 374 g/mol. The van der Waals surface area contributed by atoms with Gasteiger partial charge in [-0.2, -0.15) is 0 Å². The Bertz CT molecular complexity index is 1290. The monoisotopic (exact) mass is 397 g/mol. The van der Waals surface area contributed by atoms with Crippen LogP contribution in [0.5, 0.6) is 0 Å². The zero-order valence-corrected chi connectivity index (χ0v) is 16.7. The first-order valence-corrected chi connectivity index (χ1v) is 10.6. The van der Waals surface area contributed by atoms with Gasteiger partial charge in [0.25, 0.3) is 0 Å². The van der Waals surface area contributed by atoms with Crippen molar-refractivity contribution in [2.75, 3.05) is 26.2 Å². The summed E-state index contributed by atoms with van der Waals surface area (Å²) in [5, 5.41) is 9.00. The second-order valence-electron chi connectivity index (χ2n) is 7.87. The summed E-state index contributed by atoms with van der Waals surface area (Å²) in [5.74, 6) is 2.66. The van der Waals surface area contributed by atoms with E-state index in [9.17, 15) is 0 Å². The van der Waals surface area contributed by atoms with E-state index < -0.39 is 0 Å². The number of nitrogens with one attached hydrogen (secondary N) is 3. The standard InChI is InChI=1S/C24H23N5O/c1-7-25-23(26-8-1)18-6-4-15-11-19(29-20(15)12-18)16-3-5-17-14-22(30-21(17)13-16)24-27-9-2-10-28-24/h3-6,11-14,29H,1-2,7-10H2,(H,25,26)(H,27,28). The van der Waals surface area contributed by atoms with Crippen molar-refractivity contribution in [2.24, 2.45) is 9.98 Å². The number of aromatic nitrogens is 1. The predicted octanol–water partition coefficient (Wildman–Crippen LogP) is 4.06. The van der Waals surface area contributed by atoms with Crippen LogP contribution in [0, 0.1) is 0 Å². The predicted molar refractivity (Wildman–Crippen MR) is 122 cm³/mol. The van der Waals surface area contributed by atoms with E-state index in [1.54, 1.807) is 0 Å². The van der Waals surface area contributed by atoms with Gasteiger partial charge < -0.3 is 20.0 Å². The summed E-state index contributed by atoms with van der Waals surface area (Å²) in [6.07, 6.45) is 2.16. The molecule has 0 bridgehead atoms. The molecule has 0 spiro atoms. The Labute approximate surface area is 174 Å². The average molecular weight is 397 g/mol. The molecule has 0 radical (unpaired) electrons. The van der Waals surface area contributed by atoms with Crippen LogP contribution in [0.2, 0.25) is 0 Å². The lowest BCUT2D eigenvalue weighted by Crippen LogP contribution is -2.30. The second-order valence-corrected chi connectivity index (χ2v) is 7.87. The van der Waals surface area contributed by atoms with Crippen molar-refractivity contribution in [1.82, 2.24) is 15.6 Å². The van der Waals surface area contributed by atoms with Gasteiger partial charge in [-0.15, -0.1) is 0 Å². The molecule has 0 atom stereocenters. The average Bonchev–Trinajstić information content (AvgIpc) is 3.43. The Morgan fingerprint density at radius 1 is 0.733 bits per heavy atom. The van der Waals surface area contributed by atoms with E-state index in [1.165, 1.54) is 5.39 Å². The van der Waals surface area contributed by atoms with E-state index in [4.69, 9.17) is 4.42 Å². The minimum atomic E-state index is 0.809. The van der Waals surface area contributed by atoms with Gasteiger partial charge >= 0.3 is 0 Å². The molecule has 0 unspecified atom stereocenters. The second kappa shape index (κ2) is 7.06. The van der Waals surface area contributed by atoms with Gasteiger partial charge in [0, 0.05) is 59.3 Å². The Morgan fingerprint density at radius 2 is 1.50 bits per heavy atom. The third-order valence-corrected chi connectivity index (χ3v) is 5.75. The van der Waals surface area contributed by atoms with Crippen molar-refractivity contribution in [2.45, 2.75) is 12.8 Å². The molecule has 150 valence electrons. The largest absolute Gasteiger partial charge is 0.453 e. The Morgan fingerprint density at radius 3 is 2.30 bits per heavy atom. The van der Waals surface area contributed by atoms with Crippen LogP contribution in [0.25, 0.3) is 33.1 Å². The first kappa shape index (κ1) is 17.3. The SMILES string of the molecule is c1cc2cc(-c3ccc4cc(C5=NCCCN5)oc4c3)[nH]c2cc1C1=NCCCN1. The van der Waals surface area contributed by atoms with Gasteiger partial charge in [0.2, 0.25) is 0 Å². The zero-order valence-electron chi connectivity index (χ0n) is 16.7. The number of nitrogens with zero attached hydrogens (tertiary/aromatic N) is 2. The Kier molecular flexibility index (Phi) is 4.08. The van der Waals surface area contributed by atoms with E-state index in [0.29, 0.717) is 0 Å². The molecule has 0 saturated heterocycles. The highest BCUT2D eigenvalue weighted by atomic mass is 16.3. The van der Waals surface area contributed by atoms with Crippen LogP contribution in [0.4, 0.5) is 0 Å². The van der Waals surface area contributed by atoms with E-state index in [-0.39, 0.29) is 0 Å². The molecule has 0 saturated carbocycles. The molecule has 2 aliphatic rings. The van der Waals surface area contributed by atoms with Crippen molar-refractivity contribution >= 4 is 33.5 Å². The van der Waals surface area contributed by atoms with E-state index >= 15 is 0 Å². The molecule has 2 aromatic carbocycles. The summed E-state index contributed by atoms with van der Waals surface area (Å²) in [6, 6.07) is 17.1. The zero-order chi connectivity index (χ0) is 19.9. The van der Waals surface area contributed by atoms with Crippen molar-refractivity contribution in [3.8, 4) is 11.3 Å². The summed E-state index contributed by atoms with van der Waals surface area (Å²) in [6.45, 7) is 3.67. The smallest absolute Gasteiger partial charge is 0.170 e. The number of benzene rings is 2. The minimum absolute atomic E-state index is 0.809. The lowest BCUT2D eigenvalue weighted by atomic mass is 10.1. The number of furan rings is 1. The molecular formula is C24H23N5O. The molecule has 30 heavy (non-hydrogen) atoms. The number of fused-ring (bicyclic) bond motifs is 2. The highest BCUT2D eigenvalue weighted by molar-refractivity contribution is 6.03. The number of hydrogen-bond donors (Lipinski definition) is 3. The number of rotatable bonds is 3. The topological polar surface area (TPSA) is 77.7 Å². The maximum Gasteiger partial charge on any atom is 0.170 e. The lowest BCUT2D eigenvalue weighted by Gasteiger charge is -2.14. The fourth-order valence-electron chi connectivity index (χ4n) is 4.17. The first-order valence-electron chi connectivity index (χ1n) is 10.6. The molecule has 2 aliphatic heterocycles. The summed E-state index contributed by atoms with van der Waals surface area (Å²) < 4.78 is 6.11. The van der Waals surface area contributed by atoms with E-state index in [2.05, 4.69) is 74.1 Å². The molecule has 6 rings (SSSR count). The number of H-pyrrole nitrogens is 1. The Balaban J connectivity index is 1.36. The van der Waals surface area contributed by atoms with E-state index in [1.807, 2.05) is 0 Å². The summed E-state index contributed by atoms with van der Waals surface area (Å²) in [4.78, 5) is 12.7. The molecule has 0 fully saturated rings. The van der Waals surface area contributed by atoms with Crippen LogP contribution in [-0.4, -0.2) is 42.8 Å². The van der Waals surface area contributed by atoms with Gasteiger partial charge in [0.05, 0.1) is 0 Å². The van der Waals surface area contributed by atoms with Crippen LogP contribution >= 0.6 is 0 Å². The van der Waals surface area contributed by atoms with Gasteiger partial charge in [0.1, 0.15) is 11.4 Å². The number of hydrogen-bond acceptors (Lipinski definition) is 5. The molecule has 4 heterocycles. The number of aliphatic imine (C=N–C) groups is 2. The minimum Gasteiger partial charge on any atom is -0.453 e. The van der Waals surface area contributed by atoms with Gasteiger partial charge in [0.15, 0.2) is 11.6 Å². The maximum atomic E-state index is 6.11. The van der Waals surface area contributed by atoms with Crippen LogP contribution < -0.4 is 10.6 Å². The lowest BCUT2D eigenvalue weighted by molar-refractivity contribution is 0.592. The van der Waals surface area contributed by atoms with E-state index in [0.717, 1.165) is 89.8 Å². The van der Waals surface area contributed by atoms with Crippen LogP contribution in [0.1, 0.15) is 24.2 Å². The van der Waals surface area contributed by atoms with Gasteiger partial charge in [-0.25, -0.2) is 0 Å². The van der Waals surface area contributed by atoms with Gasteiger partial charge in [-0.05, 0) is 37.1 Å². The molecule has 3 N–H and O–H groups in total. The summed E-state index contributed by atoms with van der Waals surface area (Å²) in [5.41, 5.74) is 5.29. The van der Waals surface area contributed by atoms with Crippen molar-refractivity contribution in [3.63, 3.8) is 0 Å². The molecule has 0 aliphatic carbocycles. The highest BCUT2D eigenvalue weighted by Gasteiger charge is 2.14. The van der Waals surface area contributed by atoms with Crippen molar-refractivity contribution < 1.29 is 4.42 Å². The molecule has 4 aromatic rings. The quantitative estimate of drug-likeness (QED) is 0.488. The van der Waals surface area contributed by atoms with Crippen molar-refractivity contribution in [1.29, 1.82) is 0 Å². The number of amidine groups is 2. The van der Waals surface area contributed by atoms with Gasteiger partial charge in [-0.3, -0.25) is 9.98 Å². The normalized spacial score (nSPS) is 16.8. The fraction of sp³-hybridized carbons (Fsp3) is 0.250. The van der Waals surface area contributed by atoms with Crippen molar-refractivity contribution in [3.05, 3.63) is 59.9 Å².